The molecular weight excluding hydrogens is 309 g/mol. The molecule has 0 saturated heterocycles. The Morgan fingerprint density at radius 3 is 1.33 bits per heavy atom. The molecule has 0 heterocycles. The van der Waals surface area contributed by atoms with Gasteiger partial charge < -0.3 is 4.72 Å². The van der Waals surface area contributed by atoms with Crippen LogP contribution < -0.4 is 0 Å². The largest absolute Gasteiger partial charge is 0.546 e. The van der Waals surface area contributed by atoms with Crippen molar-refractivity contribution < 1.29 is 47.9 Å². The molecule has 0 rings (SSSR count). The molecule has 0 unspecified atom stereocenters. The number of halogens is 9. The molecule has 0 atom stereocenters. The van der Waals surface area contributed by atoms with Gasteiger partial charge in [-0.1, -0.05) is 0 Å². The zero-order chi connectivity index (χ0) is 15.2. The second-order valence-corrected chi connectivity index (χ2v) is 4.65. The first-order valence-corrected chi connectivity index (χ1v) is 5.06. The molecule has 0 saturated carbocycles. The second kappa shape index (κ2) is 4.15. The van der Waals surface area contributed by atoms with Crippen molar-refractivity contribution >= 4 is 10.0 Å². The monoisotopic (exact) mass is 312 g/mol. The number of alkyl halides is 9. The van der Waals surface area contributed by atoms with Gasteiger partial charge in [-0.3, -0.25) is 0 Å². The normalized spacial score (nSPS) is 15.9. The maximum atomic E-state index is 12.6. The van der Waals surface area contributed by atoms with Crippen molar-refractivity contribution in [2.45, 2.75) is 23.3 Å². The molecule has 3 nitrogen and oxygen atoms in total. The maximum absolute atomic E-state index is 12.6. The molecule has 110 valence electrons. The molecule has 0 aliphatic rings. The average molecular weight is 312 g/mol. The van der Waals surface area contributed by atoms with Crippen LogP contribution in [0.25, 0.3) is 4.72 Å². The third-order valence-electron chi connectivity index (χ3n) is 1.68. The molecule has 0 aromatic heterocycles. The van der Waals surface area contributed by atoms with Crippen LogP contribution in [-0.2, 0) is 10.0 Å². The molecule has 0 spiro atoms. The smallest absolute Gasteiger partial charge is 0.460 e. The molecule has 18 heavy (non-hydrogen) atoms. The van der Waals surface area contributed by atoms with Crippen molar-refractivity contribution in [2.75, 3.05) is 7.05 Å². The van der Waals surface area contributed by atoms with Gasteiger partial charge in [0.2, 0.25) is 0 Å². The Kier molecular flexibility index (Phi) is 3.98. The van der Waals surface area contributed by atoms with Crippen LogP contribution in [0.15, 0.2) is 0 Å². The molecule has 0 aromatic rings. The fourth-order valence-corrected chi connectivity index (χ4v) is 1.32. The Morgan fingerprint density at radius 1 is 0.778 bits per heavy atom. The van der Waals surface area contributed by atoms with Gasteiger partial charge in [-0.05, 0) is 0 Å². The van der Waals surface area contributed by atoms with E-state index in [0.717, 1.165) is 0 Å². The summed E-state index contributed by atoms with van der Waals surface area (Å²) in [7, 11) is -6.52. The number of hydrogen-bond acceptors (Lipinski definition) is 2. The molecule has 0 aromatic carbocycles. The van der Waals surface area contributed by atoms with E-state index in [4.69, 9.17) is 0 Å². The Bertz CT molecular complexity index is 411. The van der Waals surface area contributed by atoms with Crippen molar-refractivity contribution in [3.05, 3.63) is 4.72 Å². The summed E-state index contributed by atoms with van der Waals surface area (Å²) in [5.74, 6) is -14.5. The fraction of sp³-hybridized carbons (Fsp3) is 1.00. The average Bonchev–Trinajstić information content (AvgIpc) is 2.15. The van der Waals surface area contributed by atoms with Crippen molar-refractivity contribution in [3.8, 4) is 0 Å². The van der Waals surface area contributed by atoms with Crippen molar-refractivity contribution in [1.29, 1.82) is 0 Å². The summed E-state index contributed by atoms with van der Waals surface area (Å²) < 4.78 is 132. The summed E-state index contributed by atoms with van der Waals surface area (Å²) >= 11 is 0. The zero-order valence-electron chi connectivity index (χ0n) is 8.07. The third-order valence-corrected chi connectivity index (χ3v) is 3.07. The zero-order valence-corrected chi connectivity index (χ0v) is 8.89. The predicted molar refractivity (Wildman–Crippen MR) is 39.1 cm³/mol. The SMILES string of the molecule is C[N-]S(=O)(=O)C(F)(F)C(F)(F)C(F)(F)C(F)(F)F. The minimum absolute atomic E-state index is 0.0189. The Hall–Kier alpha value is -0.720. The number of nitrogens with zero attached hydrogens (tertiary/aromatic N) is 1. The number of rotatable bonds is 4. The minimum Gasteiger partial charge on any atom is -0.546 e. The highest BCUT2D eigenvalue weighted by Crippen LogP contribution is 2.55. The summed E-state index contributed by atoms with van der Waals surface area (Å²) in [6, 6.07) is 0. The number of sulfonamides is 1. The lowest BCUT2D eigenvalue weighted by atomic mass is 10.1. The van der Waals surface area contributed by atoms with Crippen LogP contribution in [0.4, 0.5) is 39.5 Å². The Balaban J connectivity index is 5.96. The van der Waals surface area contributed by atoms with Crippen LogP contribution in [0.3, 0.4) is 0 Å². The van der Waals surface area contributed by atoms with Crippen LogP contribution in [0.2, 0.25) is 0 Å². The van der Waals surface area contributed by atoms with Gasteiger partial charge in [0.05, 0.1) is 0 Å². The van der Waals surface area contributed by atoms with Crippen LogP contribution in [0, 0.1) is 0 Å². The van der Waals surface area contributed by atoms with Crippen LogP contribution >= 0.6 is 0 Å². The summed E-state index contributed by atoms with van der Waals surface area (Å²) in [6.45, 7) is 0. The molecule has 0 N–H and O–H groups in total. The minimum atomic E-state index is -7.25. The maximum Gasteiger partial charge on any atom is 0.460 e. The van der Waals surface area contributed by atoms with Crippen molar-refractivity contribution in [2.24, 2.45) is 0 Å². The van der Waals surface area contributed by atoms with E-state index in [1.54, 1.807) is 4.72 Å². The van der Waals surface area contributed by atoms with Gasteiger partial charge in [0.1, 0.15) is 10.0 Å². The topological polar surface area (TPSA) is 48.2 Å². The van der Waals surface area contributed by atoms with E-state index in [-0.39, 0.29) is 7.05 Å². The van der Waals surface area contributed by atoms with E-state index in [1.165, 1.54) is 0 Å². The molecule has 0 amide bonds. The molecular formula is C5H3F9NO2S-. The van der Waals surface area contributed by atoms with Gasteiger partial charge in [-0.2, -0.15) is 46.6 Å². The van der Waals surface area contributed by atoms with Crippen molar-refractivity contribution in [3.63, 3.8) is 0 Å². The second-order valence-electron chi connectivity index (χ2n) is 2.82. The van der Waals surface area contributed by atoms with E-state index >= 15 is 0 Å². The van der Waals surface area contributed by atoms with Gasteiger partial charge in [0.15, 0.2) is 0 Å². The van der Waals surface area contributed by atoms with Crippen LogP contribution in [0.1, 0.15) is 0 Å². The third kappa shape index (κ3) is 2.13. The first-order chi connectivity index (χ1) is 7.56. The van der Waals surface area contributed by atoms with Crippen LogP contribution in [-0.4, -0.2) is 38.7 Å². The standard InChI is InChI=1S/C5H3F9NO2S/c1-15-18(16,17)5(13,14)3(8,9)2(6,7)4(10,11)12/h1H3/q-1. The number of hydrogen-bond donors (Lipinski definition) is 0. The van der Waals surface area contributed by atoms with Gasteiger partial charge >= 0.3 is 23.3 Å². The molecule has 0 radical (unpaired) electrons. The van der Waals surface area contributed by atoms with E-state index < -0.39 is 33.3 Å². The van der Waals surface area contributed by atoms with E-state index in [1.807, 2.05) is 0 Å². The predicted octanol–water partition coefficient (Wildman–Crippen LogP) is 2.75. The first kappa shape index (κ1) is 17.3. The molecule has 0 bridgehead atoms. The molecule has 0 fully saturated rings. The highest BCUT2D eigenvalue weighted by atomic mass is 32.2. The highest BCUT2D eigenvalue weighted by Gasteiger charge is 2.83. The van der Waals surface area contributed by atoms with E-state index in [2.05, 4.69) is 0 Å². The first-order valence-electron chi connectivity index (χ1n) is 3.62. The fourth-order valence-electron chi connectivity index (χ4n) is 0.637. The Labute approximate surface area is 94.0 Å². The molecule has 0 aliphatic heterocycles. The summed E-state index contributed by atoms with van der Waals surface area (Å²) in [6.07, 6.45) is -7.07. The molecule has 0 aliphatic carbocycles. The van der Waals surface area contributed by atoms with Gasteiger partial charge in [-0.15, -0.1) is 0 Å². The lowest BCUT2D eigenvalue weighted by molar-refractivity contribution is -0.382. The van der Waals surface area contributed by atoms with Gasteiger partial charge in [0, 0.05) is 0 Å². The quantitative estimate of drug-likeness (QED) is 0.750. The summed E-state index contributed by atoms with van der Waals surface area (Å²) in [5.41, 5.74) is 0. The van der Waals surface area contributed by atoms with E-state index in [0.29, 0.717) is 0 Å². The van der Waals surface area contributed by atoms with Gasteiger partial charge in [0.25, 0.3) is 0 Å². The lowest BCUT2D eigenvalue weighted by Gasteiger charge is -2.35. The molecule has 13 heteroatoms. The Morgan fingerprint density at radius 2 is 1.11 bits per heavy atom. The summed E-state index contributed by atoms with van der Waals surface area (Å²) in [5, 5.41) is -6.71. The lowest BCUT2D eigenvalue weighted by Crippen LogP contribution is -2.62. The van der Waals surface area contributed by atoms with E-state index in [9.17, 15) is 47.9 Å². The van der Waals surface area contributed by atoms with Crippen LogP contribution in [0.5, 0.6) is 0 Å². The van der Waals surface area contributed by atoms with Gasteiger partial charge in [-0.25, -0.2) is 8.42 Å². The van der Waals surface area contributed by atoms with Crippen molar-refractivity contribution in [1.82, 2.24) is 0 Å². The summed E-state index contributed by atoms with van der Waals surface area (Å²) in [4.78, 5) is 0. The highest BCUT2D eigenvalue weighted by molar-refractivity contribution is 7.95.